The molecular formula is C6H7NOS. The summed E-state index contributed by atoms with van der Waals surface area (Å²) in [6.45, 7) is 1.59. The predicted molar refractivity (Wildman–Crippen MR) is 35.5 cm³/mol. The zero-order valence-corrected chi connectivity index (χ0v) is 5.78. The molecule has 3 heteroatoms. The lowest BCUT2D eigenvalue weighted by Gasteiger charge is -2.08. The quantitative estimate of drug-likeness (QED) is 0.542. The molecule has 0 bridgehead atoms. The van der Waals surface area contributed by atoms with Crippen molar-refractivity contribution < 1.29 is 4.74 Å². The summed E-state index contributed by atoms with van der Waals surface area (Å²) in [5, 5.41) is 0. The average Bonchev–Trinajstić information content (AvgIpc) is 2.33. The van der Waals surface area contributed by atoms with Gasteiger partial charge in [-0.1, -0.05) is 0 Å². The molecule has 1 aliphatic heterocycles. The number of hydrogen-bond acceptors (Lipinski definition) is 3. The van der Waals surface area contributed by atoms with Gasteiger partial charge in [-0.3, -0.25) is 0 Å². The molecule has 9 heavy (non-hydrogen) atoms. The first-order valence-corrected chi connectivity index (χ1v) is 3.84. The molecule has 0 atom stereocenters. The Bertz CT molecular complexity index is 188. The maximum Gasteiger partial charge on any atom is 0.0899 e. The molecule has 1 aromatic rings. The first-order chi connectivity index (χ1) is 4.47. The van der Waals surface area contributed by atoms with E-state index in [-0.39, 0.29) is 0 Å². The second-order valence-corrected chi connectivity index (χ2v) is 2.96. The molecule has 0 aliphatic carbocycles. The third-order valence-electron chi connectivity index (χ3n) is 1.44. The van der Waals surface area contributed by atoms with Gasteiger partial charge >= 0.3 is 0 Å². The Kier molecular flexibility index (Phi) is 1.24. The van der Waals surface area contributed by atoms with Gasteiger partial charge in [0.1, 0.15) is 0 Å². The van der Waals surface area contributed by atoms with E-state index in [2.05, 4.69) is 4.98 Å². The smallest absolute Gasteiger partial charge is 0.0899 e. The van der Waals surface area contributed by atoms with E-state index in [1.165, 1.54) is 4.88 Å². The van der Waals surface area contributed by atoms with Gasteiger partial charge in [0, 0.05) is 11.3 Å². The molecule has 0 saturated carbocycles. The Balaban J connectivity index is 2.39. The largest absolute Gasteiger partial charge is 0.375 e. The SMILES string of the molecule is c1nc2c(s1)CCOC2. The van der Waals surface area contributed by atoms with Crippen LogP contribution in [0.1, 0.15) is 10.6 Å². The maximum absolute atomic E-state index is 5.20. The summed E-state index contributed by atoms with van der Waals surface area (Å²) in [7, 11) is 0. The third-order valence-corrected chi connectivity index (χ3v) is 2.37. The molecule has 2 heterocycles. The minimum Gasteiger partial charge on any atom is -0.375 e. The molecule has 2 rings (SSSR count). The van der Waals surface area contributed by atoms with Crippen LogP contribution < -0.4 is 0 Å². The minimum atomic E-state index is 0.721. The maximum atomic E-state index is 5.20. The molecule has 1 aliphatic rings. The van der Waals surface area contributed by atoms with Crippen molar-refractivity contribution in [3.05, 3.63) is 16.1 Å². The van der Waals surface area contributed by atoms with Gasteiger partial charge in [0.25, 0.3) is 0 Å². The van der Waals surface area contributed by atoms with E-state index in [1.54, 1.807) is 11.3 Å². The summed E-state index contributed by atoms with van der Waals surface area (Å²) in [5.41, 5.74) is 3.03. The second kappa shape index (κ2) is 2.08. The normalized spacial score (nSPS) is 17.3. The first-order valence-electron chi connectivity index (χ1n) is 2.96. The average molecular weight is 141 g/mol. The molecule has 0 amide bonds. The van der Waals surface area contributed by atoms with Crippen LogP contribution in [-0.4, -0.2) is 11.6 Å². The minimum absolute atomic E-state index is 0.721. The van der Waals surface area contributed by atoms with Gasteiger partial charge in [0.15, 0.2) is 0 Å². The number of fused-ring (bicyclic) bond motifs is 1. The zero-order valence-electron chi connectivity index (χ0n) is 4.96. The highest BCUT2D eigenvalue weighted by atomic mass is 32.1. The number of thiazole rings is 1. The predicted octanol–water partition coefficient (Wildman–Crippen LogP) is 1.22. The molecular weight excluding hydrogens is 134 g/mol. The van der Waals surface area contributed by atoms with Gasteiger partial charge < -0.3 is 4.74 Å². The Morgan fingerprint density at radius 3 is 3.56 bits per heavy atom. The number of nitrogens with zero attached hydrogens (tertiary/aromatic N) is 1. The van der Waals surface area contributed by atoms with Crippen molar-refractivity contribution >= 4 is 11.3 Å². The van der Waals surface area contributed by atoms with Crippen molar-refractivity contribution in [3.63, 3.8) is 0 Å². The molecule has 0 unspecified atom stereocenters. The topological polar surface area (TPSA) is 22.1 Å². The molecule has 0 aromatic carbocycles. The number of hydrogen-bond donors (Lipinski definition) is 0. The van der Waals surface area contributed by atoms with E-state index in [4.69, 9.17) is 4.74 Å². The van der Waals surface area contributed by atoms with Crippen molar-refractivity contribution in [2.75, 3.05) is 6.61 Å². The first kappa shape index (κ1) is 5.38. The van der Waals surface area contributed by atoms with Crippen LogP contribution in [0.2, 0.25) is 0 Å². The fourth-order valence-electron chi connectivity index (χ4n) is 0.948. The third kappa shape index (κ3) is 0.862. The standard InChI is InChI=1S/C6H7NOS/c1-2-8-3-5-6(1)9-4-7-5/h4H,1-3H2. The fourth-order valence-corrected chi connectivity index (χ4v) is 1.70. The summed E-state index contributed by atoms with van der Waals surface area (Å²) in [5.74, 6) is 0. The summed E-state index contributed by atoms with van der Waals surface area (Å²) in [6, 6.07) is 0. The van der Waals surface area contributed by atoms with Crippen LogP contribution in [0.15, 0.2) is 5.51 Å². The van der Waals surface area contributed by atoms with E-state index >= 15 is 0 Å². The summed E-state index contributed by atoms with van der Waals surface area (Å²) in [6.07, 6.45) is 1.06. The zero-order chi connectivity index (χ0) is 6.10. The van der Waals surface area contributed by atoms with Gasteiger partial charge in [0.05, 0.1) is 24.4 Å². The lowest BCUT2D eigenvalue weighted by atomic mass is 10.3. The summed E-state index contributed by atoms with van der Waals surface area (Å²) in [4.78, 5) is 5.55. The summed E-state index contributed by atoms with van der Waals surface area (Å²) >= 11 is 1.73. The molecule has 48 valence electrons. The lowest BCUT2D eigenvalue weighted by Crippen LogP contribution is -2.07. The van der Waals surface area contributed by atoms with Crippen LogP contribution in [-0.2, 0) is 17.8 Å². The van der Waals surface area contributed by atoms with Gasteiger partial charge in [-0.05, 0) is 0 Å². The van der Waals surface area contributed by atoms with Crippen molar-refractivity contribution in [1.29, 1.82) is 0 Å². The lowest BCUT2D eigenvalue weighted by molar-refractivity contribution is 0.109. The van der Waals surface area contributed by atoms with E-state index in [9.17, 15) is 0 Å². The Morgan fingerprint density at radius 1 is 1.67 bits per heavy atom. The molecule has 0 radical (unpaired) electrons. The van der Waals surface area contributed by atoms with E-state index < -0.39 is 0 Å². The molecule has 0 spiro atoms. The van der Waals surface area contributed by atoms with Crippen LogP contribution >= 0.6 is 11.3 Å². The van der Waals surface area contributed by atoms with E-state index in [0.717, 1.165) is 25.3 Å². The number of ether oxygens (including phenoxy) is 1. The van der Waals surface area contributed by atoms with Gasteiger partial charge in [0.2, 0.25) is 0 Å². The Labute approximate surface area is 57.5 Å². The highest BCUT2D eigenvalue weighted by Crippen LogP contribution is 2.18. The Hall–Kier alpha value is -0.410. The van der Waals surface area contributed by atoms with Crippen molar-refractivity contribution in [3.8, 4) is 0 Å². The molecule has 1 aromatic heterocycles. The van der Waals surface area contributed by atoms with Gasteiger partial charge in [-0.25, -0.2) is 4.98 Å². The van der Waals surface area contributed by atoms with Crippen LogP contribution in [0, 0.1) is 0 Å². The van der Waals surface area contributed by atoms with E-state index in [0.29, 0.717) is 0 Å². The molecule has 0 N–H and O–H groups in total. The molecule has 0 saturated heterocycles. The van der Waals surface area contributed by atoms with Crippen LogP contribution in [0.5, 0.6) is 0 Å². The number of aromatic nitrogens is 1. The van der Waals surface area contributed by atoms with Crippen LogP contribution in [0.3, 0.4) is 0 Å². The number of rotatable bonds is 0. The molecule has 0 fully saturated rings. The van der Waals surface area contributed by atoms with Crippen LogP contribution in [0.25, 0.3) is 0 Å². The highest BCUT2D eigenvalue weighted by molar-refractivity contribution is 7.09. The van der Waals surface area contributed by atoms with Crippen molar-refractivity contribution in [2.24, 2.45) is 0 Å². The molecule has 2 nitrogen and oxygen atoms in total. The van der Waals surface area contributed by atoms with Gasteiger partial charge in [-0.15, -0.1) is 11.3 Å². The fraction of sp³-hybridized carbons (Fsp3) is 0.500. The van der Waals surface area contributed by atoms with Crippen LogP contribution in [0.4, 0.5) is 0 Å². The monoisotopic (exact) mass is 141 g/mol. The van der Waals surface area contributed by atoms with Crippen molar-refractivity contribution in [1.82, 2.24) is 4.98 Å². The second-order valence-electron chi connectivity index (χ2n) is 2.02. The Morgan fingerprint density at radius 2 is 2.67 bits per heavy atom. The van der Waals surface area contributed by atoms with E-state index in [1.807, 2.05) is 5.51 Å². The summed E-state index contributed by atoms with van der Waals surface area (Å²) < 4.78 is 5.20. The van der Waals surface area contributed by atoms with Crippen molar-refractivity contribution in [2.45, 2.75) is 13.0 Å². The highest BCUT2D eigenvalue weighted by Gasteiger charge is 2.10. The van der Waals surface area contributed by atoms with Gasteiger partial charge in [-0.2, -0.15) is 0 Å².